The molecule has 118 valence electrons. The topological polar surface area (TPSA) is 55.5 Å². The summed E-state index contributed by atoms with van der Waals surface area (Å²) in [6.45, 7) is 2.03. The molecule has 0 aliphatic rings. The third kappa shape index (κ3) is 2.90. The van der Waals surface area contributed by atoms with Crippen LogP contribution in [0.1, 0.15) is 12.5 Å². The first kappa shape index (κ1) is 15.4. The summed E-state index contributed by atoms with van der Waals surface area (Å²) < 4.78 is 10.7. The number of ether oxygens (including phenoxy) is 1. The van der Waals surface area contributed by atoms with Crippen LogP contribution in [0, 0.1) is 0 Å². The fraction of sp³-hybridized carbons (Fsp3) is 0.167. The lowest BCUT2D eigenvalue weighted by atomic mass is 9.99. The van der Waals surface area contributed by atoms with Gasteiger partial charge in [0.05, 0.1) is 18.9 Å². The first-order chi connectivity index (χ1) is 11.1. The minimum absolute atomic E-state index is 0.0889. The lowest BCUT2D eigenvalue weighted by Crippen LogP contribution is -1.92. The summed E-state index contributed by atoms with van der Waals surface area (Å²) in [6, 6.07) is 10.9. The van der Waals surface area contributed by atoms with Crippen molar-refractivity contribution in [2.45, 2.75) is 13.3 Å². The highest BCUT2D eigenvalue weighted by molar-refractivity contribution is 6.30. The van der Waals surface area contributed by atoms with E-state index in [0.717, 1.165) is 23.1 Å². The average Bonchev–Trinajstić information content (AvgIpc) is 3.04. The number of nitrogens with zero attached hydrogens (tertiary/aromatic N) is 1. The van der Waals surface area contributed by atoms with E-state index in [2.05, 4.69) is 5.16 Å². The van der Waals surface area contributed by atoms with Crippen molar-refractivity contribution < 1.29 is 14.4 Å². The molecule has 1 N–H and O–H groups in total. The van der Waals surface area contributed by atoms with E-state index < -0.39 is 0 Å². The van der Waals surface area contributed by atoms with Crippen LogP contribution in [0.3, 0.4) is 0 Å². The summed E-state index contributed by atoms with van der Waals surface area (Å²) in [5, 5.41) is 14.9. The van der Waals surface area contributed by atoms with Gasteiger partial charge in [-0.25, -0.2) is 0 Å². The highest BCUT2D eigenvalue weighted by Gasteiger charge is 2.18. The molecule has 0 radical (unpaired) electrons. The Bertz CT molecular complexity index is 825. The van der Waals surface area contributed by atoms with Crippen LogP contribution >= 0.6 is 11.6 Å². The van der Waals surface area contributed by atoms with Gasteiger partial charge in [0.1, 0.15) is 11.5 Å². The van der Waals surface area contributed by atoms with E-state index in [4.69, 9.17) is 20.9 Å². The average molecular weight is 330 g/mol. The molecular weight excluding hydrogens is 314 g/mol. The maximum atomic E-state index is 10.3. The number of phenols is 1. The molecule has 0 atom stereocenters. The molecule has 2 aromatic carbocycles. The van der Waals surface area contributed by atoms with Crippen LogP contribution in [-0.4, -0.2) is 17.4 Å². The van der Waals surface area contributed by atoms with Crippen molar-refractivity contribution in [1.82, 2.24) is 5.16 Å². The zero-order valence-electron chi connectivity index (χ0n) is 12.8. The monoisotopic (exact) mass is 329 g/mol. The lowest BCUT2D eigenvalue weighted by molar-refractivity contribution is 0.401. The van der Waals surface area contributed by atoms with E-state index in [0.29, 0.717) is 22.1 Å². The SMILES string of the molecule is CCc1cc(-c2oncc2-c2ccc(Cl)cc2)c(O)cc1OC. The maximum absolute atomic E-state index is 10.3. The molecule has 3 rings (SSSR count). The van der Waals surface area contributed by atoms with Crippen LogP contribution in [0.4, 0.5) is 0 Å². The van der Waals surface area contributed by atoms with E-state index in [1.54, 1.807) is 31.5 Å². The Kier molecular flexibility index (Phi) is 4.26. The van der Waals surface area contributed by atoms with E-state index >= 15 is 0 Å². The Labute approximate surface area is 139 Å². The third-order valence-electron chi connectivity index (χ3n) is 3.75. The Morgan fingerprint density at radius 1 is 1.17 bits per heavy atom. The quantitative estimate of drug-likeness (QED) is 0.736. The van der Waals surface area contributed by atoms with Crippen molar-refractivity contribution in [2.24, 2.45) is 0 Å². The van der Waals surface area contributed by atoms with Gasteiger partial charge in [0.25, 0.3) is 0 Å². The molecule has 0 aliphatic carbocycles. The van der Waals surface area contributed by atoms with Crippen molar-refractivity contribution in [3.05, 3.63) is 53.2 Å². The van der Waals surface area contributed by atoms with Gasteiger partial charge >= 0.3 is 0 Å². The zero-order chi connectivity index (χ0) is 16.4. The fourth-order valence-electron chi connectivity index (χ4n) is 2.53. The number of aromatic nitrogens is 1. The standard InChI is InChI=1S/C18H16ClNO3/c1-3-11-8-14(16(21)9-17(11)22-2)18-15(10-20-23-18)12-4-6-13(19)7-5-12/h4-10,21H,3H2,1-2H3. The summed E-state index contributed by atoms with van der Waals surface area (Å²) in [7, 11) is 1.58. The van der Waals surface area contributed by atoms with Crippen LogP contribution in [-0.2, 0) is 6.42 Å². The van der Waals surface area contributed by atoms with Crippen molar-refractivity contribution in [3.63, 3.8) is 0 Å². The smallest absolute Gasteiger partial charge is 0.178 e. The first-order valence-electron chi connectivity index (χ1n) is 7.25. The summed E-state index contributed by atoms with van der Waals surface area (Å²) in [5.41, 5.74) is 3.28. The molecule has 0 aliphatic heterocycles. The largest absolute Gasteiger partial charge is 0.507 e. The Hall–Kier alpha value is -2.46. The number of phenolic OH excluding ortho intramolecular Hbond substituents is 1. The Morgan fingerprint density at radius 3 is 2.57 bits per heavy atom. The van der Waals surface area contributed by atoms with E-state index in [-0.39, 0.29) is 5.75 Å². The zero-order valence-corrected chi connectivity index (χ0v) is 13.6. The summed E-state index contributed by atoms with van der Waals surface area (Å²) in [4.78, 5) is 0. The molecule has 1 heterocycles. The lowest BCUT2D eigenvalue weighted by Gasteiger charge is -2.11. The summed E-state index contributed by atoms with van der Waals surface area (Å²) in [6.07, 6.45) is 2.41. The number of benzene rings is 2. The van der Waals surface area contributed by atoms with Crippen LogP contribution in [0.5, 0.6) is 11.5 Å². The highest BCUT2D eigenvalue weighted by Crippen LogP contribution is 2.40. The molecule has 5 heteroatoms. The predicted molar refractivity (Wildman–Crippen MR) is 90.0 cm³/mol. The van der Waals surface area contributed by atoms with Gasteiger partial charge in [0.15, 0.2) is 5.76 Å². The predicted octanol–water partition coefficient (Wildman–Crippen LogP) is 4.94. The maximum Gasteiger partial charge on any atom is 0.178 e. The molecule has 0 spiro atoms. The summed E-state index contributed by atoms with van der Waals surface area (Å²) in [5.74, 6) is 1.26. The second-order valence-electron chi connectivity index (χ2n) is 5.11. The number of methoxy groups -OCH3 is 1. The van der Waals surface area contributed by atoms with Gasteiger partial charge in [-0.1, -0.05) is 35.8 Å². The van der Waals surface area contributed by atoms with E-state index in [1.807, 2.05) is 25.1 Å². The van der Waals surface area contributed by atoms with E-state index in [9.17, 15) is 5.11 Å². The number of halogens is 1. The van der Waals surface area contributed by atoms with Gasteiger partial charge in [-0.15, -0.1) is 0 Å². The minimum Gasteiger partial charge on any atom is -0.507 e. The van der Waals surface area contributed by atoms with E-state index in [1.165, 1.54) is 0 Å². The molecule has 3 aromatic rings. The minimum atomic E-state index is 0.0889. The van der Waals surface area contributed by atoms with Gasteiger partial charge in [-0.3, -0.25) is 0 Å². The molecule has 0 saturated carbocycles. The van der Waals surface area contributed by atoms with Crippen molar-refractivity contribution in [1.29, 1.82) is 0 Å². The van der Waals surface area contributed by atoms with Crippen LogP contribution in [0.2, 0.25) is 5.02 Å². The molecule has 0 bridgehead atoms. The normalized spacial score (nSPS) is 10.7. The van der Waals surface area contributed by atoms with Crippen LogP contribution in [0.25, 0.3) is 22.5 Å². The Balaban J connectivity index is 2.13. The molecule has 4 nitrogen and oxygen atoms in total. The number of hydrogen-bond acceptors (Lipinski definition) is 4. The number of aryl methyl sites for hydroxylation is 1. The fourth-order valence-corrected chi connectivity index (χ4v) is 2.66. The third-order valence-corrected chi connectivity index (χ3v) is 4.00. The number of hydrogen-bond donors (Lipinski definition) is 1. The molecule has 0 amide bonds. The van der Waals surface area contributed by atoms with Crippen molar-refractivity contribution in [3.8, 4) is 33.9 Å². The molecule has 1 aromatic heterocycles. The number of rotatable bonds is 4. The van der Waals surface area contributed by atoms with Crippen molar-refractivity contribution in [2.75, 3.05) is 7.11 Å². The number of aromatic hydroxyl groups is 1. The second kappa shape index (κ2) is 6.34. The molecular formula is C18H16ClNO3. The van der Waals surface area contributed by atoms with Gasteiger partial charge in [-0.2, -0.15) is 0 Å². The van der Waals surface area contributed by atoms with Gasteiger partial charge in [0.2, 0.25) is 0 Å². The van der Waals surface area contributed by atoms with Gasteiger partial charge in [0, 0.05) is 16.7 Å². The first-order valence-corrected chi connectivity index (χ1v) is 7.62. The second-order valence-corrected chi connectivity index (χ2v) is 5.55. The Morgan fingerprint density at radius 2 is 1.91 bits per heavy atom. The van der Waals surface area contributed by atoms with Gasteiger partial charge < -0.3 is 14.4 Å². The highest BCUT2D eigenvalue weighted by atomic mass is 35.5. The van der Waals surface area contributed by atoms with Gasteiger partial charge in [-0.05, 0) is 35.7 Å². The molecule has 0 unspecified atom stereocenters. The van der Waals surface area contributed by atoms with Crippen molar-refractivity contribution >= 4 is 11.6 Å². The molecule has 0 saturated heterocycles. The summed E-state index contributed by atoms with van der Waals surface area (Å²) >= 11 is 5.94. The van der Waals surface area contributed by atoms with Crippen LogP contribution < -0.4 is 4.74 Å². The van der Waals surface area contributed by atoms with Crippen LogP contribution in [0.15, 0.2) is 47.1 Å². The molecule has 0 fully saturated rings. The molecule has 23 heavy (non-hydrogen) atoms.